The highest BCUT2D eigenvalue weighted by atomic mass is 16.4. The minimum absolute atomic E-state index is 0.329. The summed E-state index contributed by atoms with van der Waals surface area (Å²) in [6.07, 6.45) is 3.78. The standard InChI is InChI=1S/C21H23NO2/c1-13-6-11-19-18(12-13)16-4-3-5-17(16)20(22(19)2)14-7-9-15(10-8-14)21(23)24/h6-12,16-17,20H,3-5H2,1-2H3,(H,23,24)/t16-,17+,20+/m1/s1. The SMILES string of the molecule is Cc1ccc2c(c1)[C@@H]1CCC[C@@H]1[C@H](c1ccc(C(=O)O)cc1)N2C. The maximum Gasteiger partial charge on any atom is 0.335 e. The van der Waals surface area contributed by atoms with Crippen molar-refractivity contribution in [1.29, 1.82) is 0 Å². The van der Waals surface area contributed by atoms with E-state index in [1.165, 1.54) is 41.6 Å². The van der Waals surface area contributed by atoms with Crippen molar-refractivity contribution in [3.05, 3.63) is 64.7 Å². The number of anilines is 1. The molecule has 0 amide bonds. The molecule has 0 unspecified atom stereocenters. The van der Waals surface area contributed by atoms with Crippen LogP contribution in [0, 0.1) is 12.8 Å². The zero-order chi connectivity index (χ0) is 16.8. The van der Waals surface area contributed by atoms with Gasteiger partial charge in [0.2, 0.25) is 0 Å². The number of rotatable bonds is 2. The van der Waals surface area contributed by atoms with E-state index in [1.54, 1.807) is 12.1 Å². The van der Waals surface area contributed by atoms with Gasteiger partial charge in [0.15, 0.2) is 0 Å². The number of nitrogens with zero attached hydrogens (tertiary/aromatic N) is 1. The Hall–Kier alpha value is -2.29. The quantitative estimate of drug-likeness (QED) is 0.866. The number of aryl methyl sites for hydroxylation is 1. The van der Waals surface area contributed by atoms with Crippen LogP contribution in [-0.2, 0) is 0 Å². The van der Waals surface area contributed by atoms with E-state index in [-0.39, 0.29) is 0 Å². The van der Waals surface area contributed by atoms with Crippen molar-refractivity contribution in [2.24, 2.45) is 5.92 Å². The molecule has 0 radical (unpaired) electrons. The topological polar surface area (TPSA) is 40.5 Å². The lowest BCUT2D eigenvalue weighted by Crippen LogP contribution is -2.36. The second-order valence-electron chi connectivity index (χ2n) is 7.25. The van der Waals surface area contributed by atoms with E-state index in [1.807, 2.05) is 12.1 Å². The average molecular weight is 321 g/mol. The van der Waals surface area contributed by atoms with Gasteiger partial charge >= 0.3 is 5.97 Å². The Bertz CT molecular complexity index is 781. The van der Waals surface area contributed by atoms with Crippen LogP contribution in [-0.4, -0.2) is 18.1 Å². The molecule has 0 saturated heterocycles. The summed E-state index contributed by atoms with van der Waals surface area (Å²) in [6.45, 7) is 2.17. The third kappa shape index (κ3) is 2.31. The van der Waals surface area contributed by atoms with Gasteiger partial charge in [0, 0.05) is 12.7 Å². The molecule has 1 aliphatic heterocycles. The first-order valence-electron chi connectivity index (χ1n) is 8.73. The number of carboxylic acids is 1. The summed E-state index contributed by atoms with van der Waals surface area (Å²) < 4.78 is 0. The monoisotopic (exact) mass is 321 g/mol. The maximum absolute atomic E-state index is 11.1. The molecular formula is C21H23NO2. The number of fused-ring (bicyclic) bond motifs is 3. The molecule has 2 aliphatic rings. The molecule has 24 heavy (non-hydrogen) atoms. The third-order valence-corrected chi connectivity index (χ3v) is 5.85. The molecule has 0 spiro atoms. The summed E-state index contributed by atoms with van der Waals surface area (Å²) in [6, 6.07) is 14.6. The average Bonchev–Trinajstić information content (AvgIpc) is 3.05. The van der Waals surface area contributed by atoms with Gasteiger partial charge in [-0.25, -0.2) is 4.79 Å². The highest BCUT2D eigenvalue weighted by Crippen LogP contribution is 2.55. The van der Waals surface area contributed by atoms with Gasteiger partial charge in [-0.1, -0.05) is 36.2 Å². The zero-order valence-corrected chi connectivity index (χ0v) is 14.2. The van der Waals surface area contributed by atoms with Crippen LogP contribution >= 0.6 is 0 Å². The Labute approximate surface area is 142 Å². The van der Waals surface area contributed by atoms with E-state index in [4.69, 9.17) is 5.11 Å². The van der Waals surface area contributed by atoms with Gasteiger partial charge in [0.05, 0.1) is 11.6 Å². The van der Waals surface area contributed by atoms with Gasteiger partial charge in [-0.2, -0.15) is 0 Å². The summed E-state index contributed by atoms with van der Waals surface area (Å²) in [4.78, 5) is 13.5. The van der Waals surface area contributed by atoms with Crippen LogP contribution in [0.15, 0.2) is 42.5 Å². The lowest BCUT2D eigenvalue weighted by molar-refractivity contribution is 0.0697. The van der Waals surface area contributed by atoms with Crippen LogP contribution in [0.3, 0.4) is 0 Å². The minimum Gasteiger partial charge on any atom is -0.478 e. The number of hydrogen-bond acceptors (Lipinski definition) is 2. The molecule has 3 heteroatoms. The van der Waals surface area contributed by atoms with Gasteiger partial charge in [0.25, 0.3) is 0 Å². The van der Waals surface area contributed by atoms with Crippen LogP contribution in [0.1, 0.15) is 58.3 Å². The van der Waals surface area contributed by atoms with Crippen molar-refractivity contribution in [3.63, 3.8) is 0 Å². The molecule has 2 aromatic rings. The molecule has 2 aromatic carbocycles. The molecule has 3 nitrogen and oxygen atoms in total. The first kappa shape index (κ1) is 15.3. The molecule has 1 N–H and O–H groups in total. The molecule has 1 heterocycles. The lowest BCUT2D eigenvalue weighted by Gasteiger charge is -2.44. The van der Waals surface area contributed by atoms with Crippen molar-refractivity contribution < 1.29 is 9.90 Å². The van der Waals surface area contributed by atoms with Crippen molar-refractivity contribution in [2.75, 3.05) is 11.9 Å². The molecule has 4 rings (SSSR count). The second kappa shape index (κ2) is 5.66. The van der Waals surface area contributed by atoms with Gasteiger partial charge < -0.3 is 10.0 Å². The Morgan fingerprint density at radius 3 is 2.58 bits per heavy atom. The predicted molar refractivity (Wildman–Crippen MR) is 95.8 cm³/mol. The van der Waals surface area contributed by atoms with Crippen molar-refractivity contribution >= 4 is 11.7 Å². The first-order valence-corrected chi connectivity index (χ1v) is 8.73. The number of carbonyl (C=O) groups is 1. The Kier molecular flexibility index (Phi) is 3.60. The van der Waals surface area contributed by atoms with Gasteiger partial charge in [0.1, 0.15) is 0 Å². The highest BCUT2D eigenvalue weighted by Gasteiger charge is 2.42. The van der Waals surface area contributed by atoms with Gasteiger partial charge in [-0.15, -0.1) is 0 Å². The molecule has 1 saturated carbocycles. The number of carboxylic acid groups (broad SMARTS) is 1. The van der Waals surface area contributed by atoms with Crippen LogP contribution in [0.5, 0.6) is 0 Å². The highest BCUT2D eigenvalue weighted by molar-refractivity contribution is 5.87. The molecular weight excluding hydrogens is 298 g/mol. The number of benzene rings is 2. The fourth-order valence-corrected chi connectivity index (χ4v) is 4.78. The fourth-order valence-electron chi connectivity index (χ4n) is 4.78. The summed E-state index contributed by atoms with van der Waals surface area (Å²) in [7, 11) is 2.18. The minimum atomic E-state index is -0.863. The molecule has 1 fully saturated rings. The summed E-state index contributed by atoms with van der Waals surface area (Å²) >= 11 is 0. The summed E-state index contributed by atoms with van der Waals surface area (Å²) in [5.41, 5.74) is 5.74. The van der Waals surface area contributed by atoms with E-state index in [9.17, 15) is 4.79 Å². The normalized spacial score (nSPS) is 25.2. The fraction of sp³-hybridized carbons (Fsp3) is 0.381. The molecule has 3 atom stereocenters. The van der Waals surface area contributed by atoms with Crippen LogP contribution in [0.4, 0.5) is 5.69 Å². The molecule has 1 aliphatic carbocycles. The molecule has 124 valence electrons. The van der Waals surface area contributed by atoms with Gasteiger partial charge in [-0.05, 0) is 60.9 Å². The maximum atomic E-state index is 11.1. The van der Waals surface area contributed by atoms with E-state index in [2.05, 4.69) is 37.1 Å². The Balaban J connectivity index is 1.78. The summed E-state index contributed by atoms with van der Waals surface area (Å²) in [5.74, 6) is 0.373. The predicted octanol–water partition coefficient (Wildman–Crippen LogP) is 4.77. The molecule has 0 aromatic heterocycles. The van der Waals surface area contributed by atoms with Crippen LogP contribution in [0.2, 0.25) is 0 Å². The van der Waals surface area contributed by atoms with Crippen molar-refractivity contribution in [1.82, 2.24) is 0 Å². The van der Waals surface area contributed by atoms with Crippen molar-refractivity contribution in [2.45, 2.75) is 38.1 Å². The van der Waals surface area contributed by atoms with Crippen molar-refractivity contribution in [3.8, 4) is 0 Å². The number of aromatic carboxylic acids is 1. The van der Waals surface area contributed by atoms with E-state index < -0.39 is 5.97 Å². The Morgan fingerprint density at radius 2 is 1.88 bits per heavy atom. The first-order chi connectivity index (χ1) is 11.6. The molecule has 0 bridgehead atoms. The largest absolute Gasteiger partial charge is 0.478 e. The van der Waals surface area contributed by atoms with Gasteiger partial charge in [-0.3, -0.25) is 0 Å². The summed E-state index contributed by atoms with van der Waals surface area (Å²) in [5, 5.41) is 9.13. The van der Waals surface area contributed by atoms with E-state index >= 15 is 0 Å². The zero-order valence-electron chi connectivity index (χ0n) is 14.2. The third-order valence-electron chi connectivity index (χ3n) is 5.85. The van der Waals surface area contributed by atoms with Crippen LogP contribution in [0.25, 0.3) is 0 Å². The number of hydrogen-bond donors (Lipinski definition) is 1. The second-order valence-corrected chi connectivity index (χ2v) is 7.25. The van der Waals surface area contributed by atoms with Crippen LogP contribution < -0.4 is 4.90 Å². The van der Waals surface area contributed by atoms with E-state index in [0.717, 1.165) is 0 Å². The van der Waals surface area contributed by atoms with E-state index in [0.29, 0.717) is 23.4 Å². The lowest BCUT2D eigenvalue weighted by atomic mass is 9.76. The smallest absolute Gasteiger partial charge is 0.335 e. The Morgan fingerprint density at radius 1 is 1.12 bits per heavy atom.